The Morgan fingerprint density at radius 2 is 1.90 bits per heavy atom. The van der Waals surface area contributed by atoms with Crippen molar-refractivity contribution in [3.8, 4) is 0 Å². The average molecular weight is 290 g/mol. The first-order chi connectivity index (χ1) is 10.1. The summed E-state index contributed by atoms with van der Waals surface area (Å²) in [7, 11) is 0. The van der Waals surface area contributed by atoms with Crippen LogP contribution in [0.4, 0.5) is 0 Å². The summed E-state index contributed by atoms with van der Waals surface area (Å²) in [4.78, 5) is 16.0. The standard InChI is InChI=1S/C16H26N4O/c1-13(2)9-12-20-16(17)19-11-6-10-18-15(21)14-7-4-3-5-8-14/h3-5,7-8,13H,6,9-12H2,1-2H3,(H,18,21)(H3,17,19,20). The molecule has 0 spiro atoms. The third kappa shape index (κ3) is 7.97. The fraction of sp³-hybridized carbons (Fsp3) is 0.500. The van der Waals surface area contributed by atoms with Crippen LogP contribution >= 0.6 is 0 Å². The van der Waals surface area contributed by atoms with Crippen molar-refractivity contribution in [3.05, 3.63) is 35.9 Å². The highest BCUT2D eigenvalue weighted by Crippen LogP contribution is 1.97. The minimum atomic E-state index is -0.0531. The van der Waals surface area contributed by atoms with E-state index in [1.807, 2.05) is 18.2 Å². The quantitative estimate of drug-likeness (QED) is 0.388. The Labute approximate surface area is 127 Å². The van der Waals surface area contributed by atoms with E-state index in [1.165, 1.54) is 0 Å². The van der Waals surface area contributed by atoms with Gasteiger partial charge in [-0.25, -0.2) is 0 Å². The van der Waals surface area contributed by atoms with Gasteiger partial charge in [-0.05, 0) is 30.9 Å². The number of guanidine groups is 1. The minimum Gasteiger partial charge on any atom is -0.370 e. The van der Waals surface area contributed by atoms with Gasteiger partial charge < -0.3 is 16.4 Å². The summed E-state index contributed by atoms with van der Waals surface area (Å²) in [6.07, 6.45) is 1.84. The highest BCUT2D eigenvalue weighted by atomic mass is 16.1. The van der Waals surface area contributed by atoms with E-state index in [9.17, 15) is 4.79 Å². The number of hydrogen-bond acceptors (Lipinski definition) is 2. The highest BCUT2D eigenvalue weighted by molar-refractivity contribution is 5.94. The van der Waals surface area contributed by atoms with E-state index in [0.29, 0.717) is 30.5 Å². The van der Waals surface area contributed by atoms with Gasteiger partial charge in [0, 0.05) is 25.2 Å². The molecule has 1 amide bonds. The van der Waals surface area contributed by atoms with Crippen molar-refractivity contribution in [2.75, 3.05) is 19.6 Å². The largest absolute Gasteiger partial charge is 0.370 e. The van der Waals surface area contributed by atoms with Crippen molar-refractivity contribution < 1.29 is 4.79 Å². The molecule has 1 aromatic rings. The van der Waals surface area contributed by atoms with Crippen LogP contribution in [0.15, 0.2) is 35.3 Å². The van der Waals surface area contributed by atoms with Crippen molar-refractivity contribution in [3.63, 3.8) is 0 Å². The van der Waals surface area contributed by atoms with Crippen molar-refractivity contribution >= 4 is 11.9 Å². The van der Waals surface area contributed by atoms with Crippen LogP contribution in [0.2, 0.25) is 0 Å². The minimum absolute atomic E-state index is 0.0531. The molecule has 0 aliphatic carbocycles. The van der Waals surface area contributed by atoms with Crippen LogP contribution in [-0.4, -0.2) is 31.5 Å². The molecule has 5 heteroatoms. The van der Waals surface area contributed by atoms with Crippen LogP contribution in [0, 0.1) is 5.92 Å². The molecular weight excluding hydrogens is 264 g/mol. The van der Waals surface area contributed by atoms with Gasteiger partial charge in [-0.3, -0.25) is 9.79 Å². The maximum Gasteiger partial charge on any atom is 0.251 e. The SMILES string of the molecule is CC(C)CCNC(N)=NCCCNC(=O)c1ccccc1. The lowest BCUT2D eigenvalue weighted by molar-refractivity contribution is 0.0953. The summed E-state index contributed by atoms with van der Waals surface area (Å²) in [5, 5.41) is 5.94. The molecule has 21 heavy (non-hydrogen) atoms. The fourth-order valence-corrected chi connectivity index (χ4v) is 1.72. The highest BCUT2D eigenvalue weighted by Gasteiger charge is 2.02. The second-order valence-electron chi connectivity index (χ2n) is 5.35. The average Bonchev–Trinajstić information content (AvgIpc) is 2.47. The summed E-state index contributed by atoms with van der Waals surface area (Å²) < 4.78 is 0. The lowest BCUT2D eigenvalue weighted by Gasteiger charge is -2.07. The second-order valence-corrected chi connectivity index (χ2v) is 5.35. The first-order valence-corrected chi connectivity index (χ1v) is 7.46. The number of amides is 1. The molecule has 0 aromatic heterocycles. The van der Waals surface area contributed by atoms with Gasteiger partial charge in [-0.1, -0.05) is 32.0 Å². The van der Waals surface area contributed by atoms with E-state index in [4.69, 9.17) is 5.73 Å². The zero-order valence-corrected chi connectivity index (χ0v) is 12.9. The molecule has 1 rings (SSSR count). The predicted molar refractivity (Wildman–Crippen MR) is 87.3 cm³/mol. The first kappa shape index (κ1) is 17.0. The van der Waals surface area contributed by atoms with E-state index in [1.54, 1.807) is 12.1 Å². The molecule has 0 heterocycles. The third-order valence-electron chi connectivity index (χ3n) is 2.97. The molecule has 0 bridgehead atoms. The Bertz CT molecular complexity index is 443. The van der Waals surface area contributed by atoms with Crippen LogP contribution in [0.3, 0.4) is 0 Å². The molecule has 4 N–H and O–H groups in total. The Morgan fingerprint density at radius 1 is 1.19 bits per heavy atom. The molecule has 1 aromatic carbocycles. The summed E-state index contributed by atoms with van der Waals surface area (Å²) in [6.45, 7) is 6.39. The van der Waals surface area contributed by atoms with Crippen molar-refractivity contribution in [1.82, 2.24) is 10.6 Å². The monoisotopic (exact) mass is 290 g/mol. The summed E-state index contributed by atoms with van der Waals surface area (Å²) in [6, 6.07) is 9.18. The van der Waals surface area contributed by atoms with Gasteiger partial charge in [0.1, 0.15) is 0 Å². The van der Waals surface area contributed by atoms with Gasteiger partial charge in [0.25, 0.3) is 5.91 Å². The smallest absolute Gasteiger partial charge is 0.251 e. The number of rotatable bonds is 8. The number of benzene rings is 1. The second kappa shape index (κ2) is 9.80. The molecule has 0 fully saturated rings. The predicted octanol–water partition coefficient (Wildman–Crippen LogP) is 1.76. The molecule has 0 radical (unpaired) electrons. The van der Waals surface area contributed by atoms with Crippen molar-refractivity contribution in [2.24, 2.45) is 16.6 Å². The normalized spacial score (nSPS) is 11.5. The summed E-state index contributed by atoms with van der Waals surface area (Å²) >= 11 is 0. The number of carbonyl (C=O) groups excluding carboxylic acids is 1. The van der Waals surface area contributed by atoms with E-state index < -0.39 is 0 Å². The molecule has 0 aliphatic heterocycles. The maximum absolute atomic E-state index is 11.8. The maximum atomic E-state index is 11.8. The molecule has 0 saturated heterocycles. The van der Waals surface area contributed by atoms with Crippen molar-refractivity contribution in [1.29, 1.82) is 0 Å². The topological polar surface area (TPSA) is 79.5 Å². The molecule has 0 atom stereocenters. The Balaban J connectivity index is 2.12. The Morgan fingerprint density at radius 3 is 2.57 bits per heavy atom. The van der Waals surface area contributed by atoms with Crippen LogP contribution in [0.1, 0.15) is 37.0 Å². The summed E-state index contributed by atoms with van der Waals surface area (Å²) in [5.41, 5.74) is 6.42. The zero-order valence-electron chi connectivity index (χ0n) is 12.9. The van der Waals surface area contributed by atoms with Gasteiger partial charge in [0.15, 0.2) is 5.96 Å². The van der Waals surface area contributed by atoms with Crippen LogP contribution < -0.4 is 16.4 Å². The van der Waals surface area contributed by atoms with Gasteiger partial charge in [-0.15, -0.1) is 0 Å². The number of aliphatic imine (C=N–C) groups is 1. The third-order valence-corrected chi connectivity index (χ3v) is 2.97. The number of nitrogens with one attached hydrogen (secondary N) is 2. The Kier molecular flexibility index (Phi) is 7.94. The first-order valence-electron chi connectivity index (χ1n) is 7.46. The molecule has 0 unspecified atom stereocenters. The lowest BCUT2D eigenvalue weighted by Crippen LogP contribution is -2.33. The van der Waals surface area contributed by atoms with Gasteiger partial charge in [0.05, 0.1) is 0 Å². The molecular formula is C16H26N4O. The number of nitrogens with zero attached hydrogens (tertiary/aromatic N) is 1. The van der Waals surface area contributed by atoms with Gasteiger partial charge >= 0.3 is 0 Å². The van der Waals surface area contributed by atoms with E-state index in [-0.39, 0.29) is 5.91 Å². The number of carbonyl (C=O) groups is 1. The number of nitrogens with two attached hydrogens (primary N) is 1. The molecule has 0 saturated carbocycles. The van der Waals surface area contributed by atoms with Crippen molar-refractivity contribution in [2.45, 2.75) is 26.7 Å². The molecule has 0 aliphatic rings. The van der Waals surface area contributed by atoms with E-state index >= 15 is 0 Å². The van der Waals surface area contributed by atoms with Gasteiger partial charge in [-0.2, -0.15) is 0 Å². The Hall–Kier alpha value is -2.04. The van der Waals surface area contributed by atoms with Crippen LogP contribution in [-0.2, 0) is 0 Å². The van der Waals surface area contributed by atoms with Crippen LogP contribution in [0.5, 0.6) is 0 Å². The summed E-state index contributed by atoms with van der Waals surface area (Å²) in [5.74, 6) is 1.08. The number of hydrogen-bond donors (Lipinski definition) is 3. The van der Waals surface area contributed by atoms with E-state index in [2.05, 4.69) is 29.5 Å². The van der Waals surface area contributed by atoms with Crippen LogP contribution in [0.25, 0.3) is 0 Å². The fourth-order valence-electron chi connectivity index (χ4n) is 1.72. The lowest BCUT2D eigenvalue weighted by atomic mass is 10.1. The molecule has 116 valence electrons. The van der Waals surface area contributed by atoms with E-state index in [0.717, 1.165) is 19.4 Å². The van der Waals surface area contributed by atoms with Gasteiger partial charge in [0.2, 0.25) is 0 Å². The molecule has 5 nitrogen and oxygen atoms in total. The zero-order chi connectivity index (χ0) is 15.5.